The normalized spacial score (nSPS) is 27.0. The number of Topliss-reactive ketones (excluding diaryl/α,β-unsaturated/α-hetero) is 1. The first-order valence-electron chi connectivity index (χ1n) is 9.77. The van der Waals surface area contributed by atoms with Crippen LogP contribution in [0.25, 0.3) is 0 Å². The minimum atomic E-state index is -1.78. The molecule has 0 amide bonds. The van der Waals surface area contributed by atoms with E-state index in [1.54, 1.807) is 0 Å². The summed E-state index contributed by atoms with van der Waals surface area (Å²) in [6, 6.07) is 0. The number of hydrogen-bond acceptors (Lipinski definition) is 2. The second-order valence-corrected chi connectivity index (χ2v) is 12.5. The second-order valence-electron chi connectivity index (χ2n) is 8.06. The molecule has 0 aliphatic heterocycles. The van der Waals surface area contributed by atoms with Gasteiger partial charge in [0.25, 0.3) is 0 Å². The lowest BCUT2D eigenvalue weighted by molar-refractivity contribution is -0.132. The van der Waals surface area contributed by atoms with Crippen molar-refractivity contribution in [2.24, 2.45) is 0 Å². The van der Waals surface area contributed by atoms with E-state index in [2.05, 4.69) is 25.7 Å². The van der Waals surface area contributed by atoms with Crippen LogP contribution in [0.5, 0.6) is 0 Å². The number of ketones is 1. The summed E-state index contributed by atoms with van der Waals surface area (Å²) < 4.78 is 6.48. The highest BCUT2D eigenvalue weighted by molar-refractivity contribution is 6.70. The van der Waals surface area contributed by atoms with Crippen molar-refractivity contribution in [3.05, 3.63) is 12.2 Å². The van der Waals surface area contributed by atoms with Crippen LogP contribution in [-0.2, 0) is 9.22 Å². The van der Waals surface area contributed by atoms with Gasteiger partial charge in [0.1, 0.15) is 5.60 Å². The molecular formula is C20H38O2Si. The summed E-state index contributed by atoms with van der Waals surface area (Å²) in [7, 11) is -1.78. The van der Waals surface area contributed by atoms with Gasteiger partial charge in [0, 0.05) is 6.42 Å². The van der Waals surface area contributed by atoms with Gasteiger partial charge in [-0.1, -0.05) is 63.5 Å². The molecule has 2 nitrogen and oxygen atoms in total. The Morgan fingerprint density at radius 1 is 0.870 bits per heavy atom. The highest BCUT2D eigenvalue weighted by atomic mass is 28.4. The summed E-state index contributed by atoms with van der Waals surface area (Å²) in [5, 5.41) is 0. The van der Waals surface area contributed by atoms with Crippen molar-refractivity contribution in [1.82, 2.24) is 0 Å². The molecule has 1 unspecified atom stereocenters. The fourth-order valence-electron chi connectivity index (χ4n) is 3.57. The molecule has 1 aliphatic rings. The van der Waals surface area contributed by atoms with E-state index in [-0.39, 0.29) is 0 Å². The summed E-state index contributed by atoms with van der Waals surface area (Å²) >= 11 is 0. The molecule has 0 saturated heterocycles. The molecule has 0 aromatic heterocycles. The zero-order valence-electron chi connectivity index (χ0n) is 16.0. The fraction of sp³-hybridized carbons (Fsp3) is 0.850. The van der Waals surface area contributed by atoms with Crippen LogP contribution in [0.2, 0.25) is 19.6 Å². The lowest BCUT2D eigenvalue weighted by Crippen LogP contribution is -2.47. The lowest BCUT2D eigenvalue weighted by Gasteiger charge is -2.36. The van der Waals surface area contributed by atoms with Gasteiger partial charge < -0.3 is 4.43 Å². The van der Waals surface area contributed by atoms with Gasteiger partial charge in [0.15, 0.2) is 14.1 Å². The average Bonchev–Trinajstić information content (AvgIpc) is 2.46. The maximum atomic E-state index is 13.0. The molecule has 0 aromatic rings. The van der Waals surface area contributed by atoms with Crippen LogP contribution in [0.1, 0.15) is 84.0 Å². The van der Waals surface area contributed by atoms with Crippen LogP contribution in [0, 0.1) is 0 Å². The van der Waals surface area contributed by atoms with Crippen LogP contribution in [0.4, 0.5) is 0 Å². The molecule has 0 radical (unpaired) electrons. The van der Waals surface area contributed by atoms with Crippen molar-refractivity contribution in [3.8, 4) is 0 Å². The predicted octanol–water partition coefficient (Wildman–Crippen LogP) is 6.42. The largest absolute Gasteiger partial charge is 0.402 e. The Bertz CT molecular complexity index is 370. The maximum Gasteiger partial charge on any atom is 0.185 e. The molecule has 1 saturated carbocycles. The monoisotopic (exact) mass is 338 g/mol. The standard InChI is InChI=1S/C20H38O2Si/c1-5-17-20(22-23(2,3)4)18-15-13-11-9-7-6-8-10-12-14-16-19(20)21/h5,17H,6-16,18H2,1-4H3/b17-5+. The van der Waals surface area contributed by atoms with E-state index in [1.807, 2.05) is 13.0 Å². The molecule has 0 spiro atoms. The number of carbonyl (C=O) groups is 1. The molecule has 1 fully saturated rings. The number of carbonyl (C=O) groups excluding carboxylic acids is 1. The molecule has 3 heteroatoms. The first-order chi connectivity index (χ1) is 10.9. The van der Waals surface area contributed by atoms with Gasteiger partial charge in [-0.2, -0.15) is 0 Å². The highest BCUT2D eigenvalue weighted by Crippen LogP contribution is 2.30. The zero-order valence-corrected chi connectivity index (χ0v) is 17.0. The summed E-state index contributed by atoms with van der Waals surface area (Å²) in [5.41, 5.74) is -0.649. The molecule has 1 aliphatic carbocycles. The fourth-order valence-corrected chi connectivity index (χ4v) is 4.95. The third-order valence-electron chi connectivity index (χ3n) is 4.60. The van der Waals surface area contributed by atoms with E-state index >= 15 is 0 Å². The molecule has 134 valence electrons. The van der Waals surface area contributed by atoms with E-state index in [1.165, 1.54) is 51.4 Å². The Balaban J connectivity index is 2.85. The topological polar surface area (TPSA) is 26.3 Å². The quantitative estimate of drug-likeness (QED) is 0.438. The molecule has 0 N–H and O–H groups in total. The van der Waals surface area contributed by atoms with Crippen molar-refractivity contribution in [2.45, 2.75) is 109 Å². The molecular weight excluding hydrogens is 300 g/mol. The minimum absolute atomic E-state index is 0.315. The van der Waals surface area contributed by atoms with Crippen LogP contribution >= 0.6 is 0 Å². The van der Waals surface area contributed by atoms with Gasteiger partial charge in [-0.05, 0) is 45.8 Å². The van der Waals surface area contributed by atoms with Crippen molar-refractivity contribution >= 4 is 14.1 Å². The van der Waals surface area contributed by atoms with Gasteiger partial charge in [-0.15, -0.1) is 0 Å². The van der Waals surface area contributed by atoms with Crippen molar-refractivity contribution in [1.29, 1.82) is 0 Å². The van der Waals surface area contributed by atoms with E-state index in [9.17, 15) is 4.79 Å². The van der Waals surface area contributed by atoms with Crippen LogP contribution < -0.4 is 0 Å². The Hall–Kier alpha value is -0.413. The zero-order chi connectivity index (χ0) is 17.2. The van der Waals surface area contributed by atoms with E-state index in [0.717, 1.165) is 19.3 Å². The Morgan fingerprint density at radius 2 is 1.35 bits per heavy atom. The van der Waals surface area contributed by atoms with Crippen molar-refractivity contribution < 1.29 is 9.22 Å². The molecule has 1 atom stereocenters. The van der Waals surface area contributed by atoms with E-state index in [4.69, 9.17) is 4.43 Å². The number of hydrogen-bond donors (Lipinski definition) is 0. The maximum absolute atomic E-state index is 13.0. The third kappa shape index (κ3) is 8.30. The molecule has 0 aromatic carbocycles. The average molecular weight is 339 g/mol. The summed E-state index contributed by atoms with van der Waals surface area (Å²) in [6.45, 7) is 8.58. The first kappa shape index (κ1) is 20.6. The van der Waals surface area contributed by atoms with Crippen LogP contribution in [-0.4, -0.2) is 19.7 Å². The SMILES string of the molecule is C/C=C/C1(O[Si](C)(C)C)CCCCCCCCCCCCC1=O. The Kier molecular flexibility index (Phi) is 9.37. The third-order valence-corrected chi connectivity index (χ3v) is 5.57. The van der Waals surface area contributed by atoms with Crippen LogP contribution in [0.3, 0.4) is 0 Å². The minimum Gasteiger partial charge on any atom is -0.402 e. The second kappa shape index (κ2) is 10.5. The molecule has 0 heterocycles. The number of rotatable bonds is 3. The van der Waals surface area contributed by atoms with E-state index < -0.39 is 13.9 Å². The van der Waals surface area contributed by atoms with Gasteiger partial charge in [-0.25, -0.2) is 0 Å². The predicted molar refractivity (Wildman–Crippen MR) is 102 cm³/mol. The first-order valence-corrected chi connectivity index (χ1v) is 13.2. The Morgan fingerprint density at radius 3 is 1.83 bits per heavy atom. The molecule has 23 heavy (non-hydrogen) atoms. The van der Waals surface area contributed by atoms with Crippen molar-refractivity contribution in [3.63, 3.8) is 0 Å². The summed E-state index contributed by atoms with van der Waals surface area (Å²) in [5.74, 6) is 0.315. The van der Waals surface area contributed by atoms with Gasteiger partial charge in [0.2, 0.25) is 0 Å². The van der Waals surface area contributed by atoms with Gasteiger partial charge in [-0.3, -0.25) is 4.79 Å². The highest BCUT2D eigenvalue weighted by Gasteiger charge is 2.39. The molecule has 1 rings (SSSR count). The number of allylic oxidation sites excluding steroid dienone is 1. The molecule has 0 bridgehead atoms. The van der Waals surface area contributed by atoms with Crippen molar-refractivity contribution in [2.75, 3.05) is 0 Å². The Labute approximate surface area is 145 Å². The van der Waals surface area contributed by atoms with Gasteiger partial charge in [0.05, 0.1) is 0 Å². The van der Waals surface area contributed by atoms with Gasteiger partial charge >= 0.3 is 0 Å². The summed E-state index contributed by atoms with van der Waals surface area (Å²) in [4.78, 5) is 13.0. The van der Waals surface area contributed by atoms with Crippen LogP contribution in [0.15, 0.2) is 12.2 Å². The smallest absolute Gasteiger partial charge is 0.185 e. The summed E-state index contributed by atoms with van der Waals surface area (Å²) in [6.07, 6.45) is 18.1. The van der Waals surface area contributed by atoms with E-state index in [0.29, 0.717) is 12.2 Å². The lowest BCUT2D eigenvalue weighted by atomic mass is 9.87.